The van der Waals surface area contributed by atoms with Gasteiger partial charge in [-0.05, 0) is 42.5 Å². The van der Waals surface area contributed by atoms with Crippen LogP contribution in [-0.2, 0) is 4.79 Å². The van der Waals surface area contributed by atoms with Gasteiger partial charge in [-0.25, -0.2) is 4.79 Å². The zero-order valence-corrected chi connectivity index (χ0v) is 14.5. The van der Waals surface area contributed by atoms with Crippen LogP contribution in [0, 0.1) is 0 Å². The first-order valence-corrected chi connectivity index (χ1v) is 8.16. The first-order valence-electron chi connectivity index (χ1n) is 8.16. The van der Waals surface area contributed by atoms with E-state index in [0.29, 0.717) is 41.8 Å². The van der Waals surface area contributed by atoms with Crippen LogP contribution in [0.5, 0.6) is 5.75 Å². The van der Waals surface area contributed by atoms with Gasteiger partial charge in [-0.3, -0.25) is 9.79 Å². The van der Waals surface area contributed by atoms with Crippen molar-refractivity contribution in [1.82, 2.24) is 5.32 Å². The number of aliphatic imine (C=N–C) groups is 1. The number of benzene rings is 2. The lowest BCUT2D eigenvalue weighted by Gasteiger charge is -2.09. The smallest absolute Gasteiger partial charge is 0.335 e. The summed E-state index contributed by atoms with van der Waals surface area (Å²) in [7, 11) is 1.60. The Morgan fingerprint density at radius 1 is 1.19 bits per heavy atom. The molecule has 8 nitrogen and oxygen atoms in total. The summed E-state index contributed by atoms with van der Waals surface area (Å²) in [5, 5.41) is 25.8. The molecule has 0 aliphatic rings. The molecular weight excluding hydrogens is 336 g/mol. The van der Waals surface area contributed by atoms with Crippen molar-refractivity contribution in [2.45, 2.75) is 19.3 Å². The van der Waals surface area contributed by atoms with E-state index in [2.05, 4.69) is 15.6 Å². The number of carbonyl (C=O) groups is 2. The zero-order valence-electron chi connectivity index (χ0n) is 14.5. The average Bonchev–Trinajstić information content (AvgIpc) is 2.61. The Labute approximate surface area is 150 Å². The number of phenolic OH excluding ortho intramolecular Hbond substituents is 1. The first-order chi connectivity index (χ1) is 12.4. The molecule has 26 heavy (non-hydrogen) atoms. The monoisotopic (exact) mass is 358 g/mol. The van der Waals surface area contributed by atoms with Crippen LogP contribution in [0.3, 0.4) is 0 Å². The molecule has 2 rings (SSSR count). The lowest BCUT2D eigenvalue weighted by atomic mass is 10.0. The average molecular weight is 358 g/mol. The van der Waals surface area contributed by atoms with E-state index in [-0.39, 0.29) is 17.2 Å². The number of hydrogen-bond donors (Lipinski definition) is 5. The normalized spacial score (nSPS) is 11.3. The molecule has 1 amide bonds. The number of nitrogens with zero attached hydrogens (tertiary/aromatic N) is 1. The summed E-state index contributed by atoms with van der Waals surface area (Å²) in [6.45, 7) is 0.645. The molecule has 0 aromatic heterocycles. The molecule has 0 aliphatic heterocycles. The SMILES string of the molecule is CN=C(N)NCCCCC(=O)Nc1ccc2cc(C(=O)O)cc(O)c2c1. The number of nitrogens with one attached hydrogen (secondary N) is 2. The molecule has 8 heteroatoms. The molecule has 2 aromatic rings. The van der Waals surface area contributed by atoms with Crippen molar-refractivity contribution in [3.63, 3.8) is 0 Å². The number of aromatic carboxylic acids is 1. The summed E-state index contributed by atoms with van der Waals surface area (Å²) in [6.07, 6.45) is 1.82. The molecule has 0 saturated carbocycles. The van der Waals surface area contributed by atoms with Crippen LogP contribution in [0.2, 0.25) is 0 Å². The van der Waals surface area contributed by atoms with Crippen molar-refractivity contribution in [1.29, 1.82) is 0 Å². The molecule has 2 aromatic carbocycles. The molecule has 0 fully saturated rings. The molecule has 0 bridgehead atoms. The summed E-state index contributed by atoms with van der Waals surface area (Å²) in [6, 6.07) is 7.61. The standard InChI is InChI=1S/C18H22N4O4/c1-20-18(19)21-7-3-2-4-16(24)22-13-6-5-11-8-12(17(25)26)9-15(23)14(11)10-13/h5-6,8-10,23H,2-4,7H2,1H3,(H,22,24)(H,25,26)(H3,19,20,21). The molecule has 0 unspecified atom stereocenters. The van der Waals surface area contributed by atoms with Gasteiger partial charge in [-0.2, -0.15) is 0 Å². The lowest BCUT2D eigenvalue weighted by Crippen LogP contribution is -2.32. The van der Waals surface area contributed by atoms with Crippen LogP contribution in [0.4, 0.5) is 5.69 Å². The third-order valence-electron chi connectivity index (χ3n) is 3.84. The van der Waals surface area contributed by atoms with Crippen molar-refractivity contribution >= 4 is 34.3 Å². The van der Waals surface area contributed by atoms with E-state index in [0.717, 1.165) is 6.42 Å². The second-order valence-electron chi connectivity index (χ2n) is 5.78. The van der Waals surface area contributed by atoms with Gasteiger partial charge in [-0.1, -0.05) is 6.07 Å². The van der Waals surface area contributed by atoms with Crippen molar-refractivity contribution in [3.05, 3.63) is 35.9 Å². The highest BCUT2D eigenvalue weighted by Crippen LogP contribution is 2.29. The number of fused-ring (bicyclic) bond motifs is 1. The van der Waals surface area contributed by atoms with Crippen LogP contribution in [0.15, 0.2) is 35.3 Å². The minimum absolute atomic E-state index is 0.00847. The Morgan fingerprint density at radius 3 is 2.65 bits per heavy atom. The minimum atomic E-state index is -1.11. The number of amides is 1. The summed E-state index contributed by atoms with van der Waals surface area (Å²) in [4.78, 5) is 26.8. The predicted molar refractivity (Wildman–Crippen MR) is 101 cm³/mol. The van der Waals surface area contributed by atoms with E-state index >= 15 is 0 Å². The van der Waals surface area contributed by atoms with Crippen molar-refractivity contribution in [2.75, 3.05) is 18.9 Å². The topological polar surface area (TPSA) is 137 Å². The number of unbranched alkanes of at least 4 members (excludes halogenated alkanes) is 1. The van der Waals surface area contributed by atoms with E-state index in [1.165, 1.54) is 12.1 Å². The molecular formula is C18H22N4O4. The van der Waals surface area contributed by atoms with Crippen LogP contribution in [-0.4, -0.2) is 41.6 Å². The fraction of sp³-hybridized carbons (Fsp3) is 0.278. The highest BCUT2D eigenvalue weighted by molar-refractivity contribution is 6.00. The van der Waals surface area contributed by atoms with Crippen molar-refractivity contribution < 1.29 is 19.8 Å². The van der Waals surface area contributed by atoms with Crippen molar-refractivity contribution in [2.24, 2.45) is 10.7 Å². The van der Waals surface area contributed by atoms with Gasteiger partial charge in [-0.15, -0.1) is 0 Å². The summed E-state index contributed by atoms with van der Waals surface area (Å²) in [5.74, 6) is -1.02. The number of carboxylic acid groups (broad SMARTS) is 1. The quantitative estimate of drug-likeness (QED) is 0.291. The Hall–Kier alpha value is -3.29. The van der Waals surface area contributed by atoms with Gasteiger partial charge in [0.05, 0.1) is 5.56 Å². The van der Waals surface area contributed by atoms with Crippen molar-refractivity contribution in [3.8, 4) is 5.75 Å². The van der Waals surface area contributed by atoms with Gasteiger partial charge in [0.25, 0.3) is 0 Å². The minimum Gasteiger partial charge on any atom is -0.507 e. The van der Waals surface area contributed by atoms with Gasteiger partial charge >= 0.3 is 5.97 Å². The highest BCUT2D eigenvalue weighted by atomic mass is 16.4. The largest absolute Gasteiger partial charge is 0.507 e. The number of aromatic hydroxyl groups is 1. The molecule has 138 valence electrons. The second kappa shape index (κ2) is 8.70. The van der Waals surface area contributed by atoms with Gasteiger partial charge in [0.1, 0.15) is 5.75 Å². The van der Waals surface area contributed by atoms with E-state index in [1.54, 1.807) is 25.2 Å². The summed E-state index contributed by atoms with van der Waals surface area (Å²) in [5.41, 5.74) is 6.06. The van der Waals surface area contributed by atoms with Gasteiger partial charge in [0.15, 0.2) is 5.96 Å². The molecule has 0 radical (unpaired) electrons. The van der Waals surface area contributed by atoms with Crippen LogP contribution in [0.1, 0.15) is 29.6 Å². The van der Waals surface area contributed by atoms with Crippen LogP contribution >= 0.6 is 0 Å². The fourth-order valence-corrected chi connectivity index (χ4v) is 2.47. The van der Waals surface area contributed by atoms with E-state index < -0.39 is 5.97 Å². The van der Waals surface area contributed by atoms with Gasteiger partial charge < -0.3 is 26.6 Å². The number of guanidine groups is 1. The fourth-order valence-electron chi connectivity index (χ4n) is 2.47. The molecule has 0 spiro atoms. The highest BCUT2D eigenvalue weighted by Gasteiger charge is 2.10. The number of hydrogen-bond acceptors (Lipinski definition) is 4. The zero-order chi connectivity index (χ0) is 19.1. The van der Waals surface area contributed by atoms with Crippen LogP contribution in [0.25, 0.3) is 10.8 Å². The number of anilines is 1. The Balaban J connectivity index is 1.94. The number of carbonyl (C=O) groups excluding carboxylic acids is 1. The van der Waals surface area contributed by atoms with Gasteiger partial charge in [0.2, 0.25) is 5.91 Å². The lowest BCUT2D eigenvalue weighted by molar-refractivity contribution is -0.116. The molecule has 0 saturated heterocycles. The van der Waals surface area contributed by atoms with Gasteiger partial charge in [0, 0.05) is 31.1 Å². The number of phenols is 1. The second-order valence-corrected chi connectivity index (χ2v) is 5.78. The van der Waals surface area contributed by atoms with E-state index in [9.17, 15) is 14.7 Å². The number of nitrogens with two attached hydrogens (primary N) is 1. The Morgan fingerprint density at radius 2 is 1.96 bits per heavy atom. The maximum atomic E-state index is 12.0. The molecule has 0 heterocycles. The number of carboxylic acids is 1. The van der Waals surface area contributed by atoms with E-state index in [4.69, 9.17) is 10.8 Å². The summed E-state index contributed by atoms with van der Waals surface area (Å²) >= 11 is 0. The maximum Gasteiger partial charge on any atom is 0.335 e. The molecule has 6 N–H and O–H groups in total. The number of rotatable bonds is 7. The maximum absolute atomic E-state index is 12.0. The molecule has 0 aliphatic carbocycles. The first kappa shape index (κ1) is 19.0. The van der Waals surface area contributed by atoms with Crippen LogP contribution < -0.4 is 16.4 Å². The summed E-state index contributed by atoms with van der Waals surface area (Å²) < 4.78 is 0. The van der Waals surface area contributed by atoms with E-state index in [1.807, 2.05) is 0 Å². The third kappa shape index (κ3) is 5.10. The predicted octanol–water partition coefficient (Wildman–Crippen LogP) is 1.89. The molecule has 0 atom stereocenters. The third-order valence-corrected chi connectivity index (χ3v) is 3.84. The Kier molecular flexibility index (Phi) is 6.37. The Bertz CT molecular complexity index is 848.